The van der Waals surface area contributed by atoms with E-state index in [9.17, 15) is 0 Å². The van der Waals surface area contributed by atoms with Gasteiger partial charge in [-0.3, -0.25) is 0 Å². The number of anilines is 1. The molecule has 0 atom stereocenters. The molecule has 21 heavy (non-hydrogen) atoms. The number of ether oxygens (including phenoxy) is 1. The third-order valence-electron chi connectivity index (χ3n) is 3.55. The Bertz CT molecular complexity index is 738. The predicted octanol–water partition coefficient (Wildman–Crippen LogP) is 3.88. The molecule has 3 heteroatoms. The zero-order valence-corrected chi connectivity index (χ0v) is 12.3. The van der Waals surface area contributed by atoms with Crippen molar-refractivity contribution in [3.05, 3.63) is 66.2 Å². The number of rotatable bonds is 4. The summed E-state index contributed by atoms with van der Waals surface area (Å²) < 4.78 is 5.18. The maximum absolute atomic E-state index is 5.18. The van der Waals surface area contributed by atoms with E-state index in [-0.39, 0.29) is 0 Å². The lowest BCUT2D eigenvalue weighted by atomic mass is 10.2. The quantitative estimate of drug-likeness (QED) is 0.724. The highest BCUT2D eigenvalue weighted by Crippen LogP contribution is 2.19. The molecule has 0 bridgehead atoms. The van der Waals surface area contributed by atoms with Crippen molar-refractivity contribution in [1.82, 2.24) is 4.98 Å². The SMILES string of the molecule is COc1ccc(CN(C)c2ccc3ccccc3n2)cc1. The molecular weight excluding hydrogens is 260 g/mol. The minimum atomic E-state index is 0.815. The lowest BCUT2D eigenvalue weighted by Gasteiger charge is -2.18. The van der Waals surface area contributed by atoms with Crippen LogP contribution in [0.25, 0.3) is 10.9 Å². The average Bonchev–Trinajstić information content (AvgIpc) is 2.55. The van der Waals surface area contributed by atoms with E-state index in [4.69, 9.17) is 9.72 Å². The first-order valence-electron chi connectivity index (χ1n) is 6.96. The van der Waals surface area contributed by atoms with Gasteiger partial charge in [0.25, 0.3) is 0 Å². The first-order chi connectivity index (χ1) is 10.3. The third-order valence-corrected chi connectivity index (χ3v) is 3.55. The van der Waals surface area contributed by atoms with Crippen LogP contribution in [0.1, 0.15) is 5.56 Å². The molecule has 0 amide bonds. The van der Waals surface area contributed by atoms with Crippen LogP contribution in [0.3, 0.4) is 0 Å². The van der Waals surface area contributed by atoms with Crippen LogP contribution < -0.4 is 9.64 Å². The molecule has 0 fully saturated rings. The molecule has 0 unspecified atom stereocenters. The van der Waals surface area contributed by atoms with E-state index in [1.165, 1.54) is 10.9 Å². The molecule has 0 aliphatic heterocycles. The number of fused-ring (bicyclic) bond motifs is 1. The van der Waals surface area contributed by atoms with Gasteiger partial charge in [0, 0.05) is 19.0 Å². The molecule has 0 aliphatic carbocycles. The standard InChI is InChI=1S/C18H18N2O/c1-20(13-14-7-10-16(21-2)11-8-14)18-12-9-15-5-3-4-6-17(15)19-18/h3-12H,13H2,1-2H3. The summed E-state index contributed by atoms with van der Waals surface area (Å²) in [6, 6.07) is 20.5. The van der Waals surface area contributed by atoms with Crippen molar-refractivity contribution in [3.8, 4) is 5.75 Å². The molecule has 1 heterocycles. The van der Waals surface area contributed by atoms with Gasteiger partial charge in [0.1, 0.15) is 11.6 Å². The van der Waals surface area contributed by atoms with E-state index < -0.39 is 0 Å². The van der Waals surface area contributed by atoms with E-state index in [1.807, 2.05) is 30.3 Å². The van der Waals surface area contributed by atoms with Crippen molar-refractivity contribution in [2.45, 2.75) is 6.54 Å². The highest BCUT2D eigenvalue weighted by Gasteiger charge is 2.05. The van der Waals surface area contributed by atoms with E-state index >= 15 is 0 Å². The zero-order valence-electron chi connectivity index (χ0n) is 12.3. The van der Waals surface area contributed by atoms with Gasteiger partial charge in [0.05, 0.1) is 12.6 Å². The molecular formula is C18H18N2O. The molecule has 0 saturated heterocycles. The summed E-state index contributed by atoms with van der Waals surface area (Å²) in [6.45, 7) is 0.815. The number of pyridine rings is 1. The lowest BCUT2D eigenvalue weighted by Crippen LogP contribution is -2.17. The van der Waals surface area contributed by atoms with Crippen molar-refractivity contribution in [3.63, 3.8) is 0 Å². The Kier molecular flexibility index (Phi) is 3.73. The van der Waals surface area contributed by atoms with Crippen molar-refractivity contribution in [2.75, 3.05) is 19.1 Å². The second-order valence-corrected chi connectivity index (χ2v) is 5.07. The number of aromatic nitrogens is 1. The van der Waals surface area contributed by atoms with E-state index in [2.05, 4.69) is 42.3 Å². The van der Waals surface area contributed by atoms with Crippen molar-refractivity contribution >= 4 is 16.7 Å². The number of hydrogen-bond acceptors (Lipinski definition) is 3. The number of para-hydroxylation sites is 1. The van der Waals surface area contributed by atoms with Crippen LogP contribution in [0.2, 0.25) is 0 Å². The average molecular weight is 278 g/mol. The fraction of sp³-hybridized carbons (Fsp3) is 0.167. The lowest BCUT2D eigenvalue weighted by molar-refractivity contribution is 0.414. The molecule has 0 aliphatic rings. The van der Waals surface area contributed by atoms with Gasteiger partial charge in [0.2, 0.25) is 0 Å². The highest BCUT2D eigenvalue weighted by molar-refractivity contribution is 5.80. The van der Waals surface area contributed by atoms with Crippen molar-refractivity contribution < 1.29 is 4.74 Å². The Morgan fingerprint density at radius 1 is 0.952 bits per heavy atom. The van der Waals surface area contributed by atoms with Gasteiger partial charge in [-0.05, 0) is 35.9 Å². The largest absolute Gasteiger partial charge is 0.497 e. The van der Waals surface area contributed by atoms with Crippen LogP contribution in [0.4, 0.5) is 5.82 Å². The number of nitrogens with zero attached hydrogens (tertiary/aromatic N) is 2. The minimum Gasteiger partial charge on any atom is -0.497 e. The highest BCUT2D eigenvalue weighted by atomic mass is 16.5. The molecule has 3 aromatic rings. The van der Waals surface area contributed by atoms with Crippen LogP contribution in [-0.2, 0) is 6.54 Å². The maximum atomic E-state index is 5.18. The fourth-order valence-electron chi connectivity index (χ4n) is 2.35. The Labute approximate surface area is 124 Å². The van der Waals surface area contributed by atoms with Crippen LogP contribution >= 0.6 is 0 Å². The van der Waals surface area contributed by atoms with Crippen LogP contribution in [-0.4, -0.2) is 19.1 Å². The Balaban J connectivity index is 1.80. The van der Waals surface area contributed by atoms with E-state index in [0.29, 0.717) is 0 Å². The summed E-state index contributed by atoms with van der Waals surface area (Å²) in [4.78, 5) is 6.85. The van der Waals surface area contributed by atoms with Crippen LogP contribution in [0.15, 0.2) is 60.7 Å². The van der Waals surface area contributed by atoms with Crippen molar-refractivity contribution in [2.24, 2.45) is 0 Å². The summed E-state index contributed by atoms with van der Waals surface area (Å²) in [5, 5.41) is 1.17. The van der Waals surface area contributed by atoms with Gasteiger partial charge in [-0.25, -0.2) is 4.98 Å². The van der Waals surface area contributed by atoms with Crippen LogP contribution in [0.5, 0.6) is 5.75 Å². The predicted molar refractivity (Wildman–Crippen MR) is 86.8 cm³/mol. The molecule has 0 spiro atoms. The van der Waals surface area contributed by atoms with E-state index in [0.717, 1.165) is 23.6 Å². The molecule has 0 saturated carbocycles. The van der Waals surface area contributed by atoms with Gasteiger partial charge in [-0.1, -0.05) is 30.3 Å². The summed E-state index contributed by atoms with van der Waals surface area (Å²) in [6.07, 6.45) is 0. The second-order valence-electron chi connectivity index (χ2n) is 5.07. The molecule has 0 N–H and O–H groups in total. The molecule has 0 radical (unpaired) electrons. The molecule has 1 aromatic heterocycles. The van der Waals surface area contributed by atoms with Crippen LogP contribution in [0, 0.1) is 0 Å². The van der Waals surface area contributed by atoms with Gasteiger partial charge in [0.15, 0.2) is 0 Å². The third kappa shape index (κ3) is 2.97. The first-order valence-corrected chi connectivity index (χ1v) is 6.96. The molecule has 2 aromatic carbocycles. The molecule has 106 valence electrons. The number of hydrogen-bond donors (Lipinski definition) is 0. The topological polar surface area (TPSA) is 25.4 Å². The normalized spacial score (nSPS) is 10.6. The van der Waals surface area contributed by atoms with Crippen molar-refractivity contribution in [1.29, 1.82) is 0 Å². The van der Waals surface area contributed by atoms with Gasteiger partial charge in [-0.2, -0.15) is 0 Å². The van der Waals surface area contributed by atoms with E-state index in [1.54, 1.807) is 7.11 Å². The minimum absolute atomic E-state index is 0.815. The Hall–Kier alpha value is -2.55. The fourth-order valence-corrected chi connectivity index (χ4v) is 2.35. The van der Waals surface area contributed by atoms with Gasteiger partial charge < -0.3 is 9.64 Å². The molecule has 3 rings (SSSR count). The summed E-state index contributed by atoms with van der Waals surface area (Å²) in [5.41, 5.74) is 2.25. The summed E-state index contributed by atoms with van der Waals surface area (Å²) in [5.74, 6) is 1.86. The first kappa shape index (κ1) is 13.4. The smallest absolute Gasteiger partial charge is 0.129 e. The zero-order chi connectivity index (χ0) is 14.7. The molecule has 3 nitrogen and oxygen atoms in total. The maximum Gasteiger partial charge on any atom is 0.129 e. The van der Waals surface area contributed by atoms with Gasteiger partial charge >= 0.3 is 0 Å². The summed E-state index contributed by atoms with van der Waals surface area (Å²) >= 11 is 0. The Morgan fingerprint density at radius 2 is 1.71 bits per heavy atom. The Morgan fingerprint density at radius 3 is 2.48 bits per heavy atom. The summed E-state index contributed by atoms with van der Waals surface area (Å²) in [7, 11) is 3.74. The number of benzene rings is 2. The monoisotopic (exact) mass is 278 g/mol. The second kappa shape index (κ2) is 5.83. The number of methoxy groups -OCH3 is 1. The van der Waals surface area contributed by atoms with Gasteiger partial charge in [-0.15, -0.1) is 0 Å².